The summed E-state index contributed by atoms with van der Waals surface area (Å²) in [4.78, 5) is 23.9. The average Bonchev–Trinajstić information content (AvgIpc) is 2.79. The highest BCUT2D eigenvalue weighted by Gasteiger charge is 2.16. The van der Waals surface area contributed by atoms with Crippen LogP contribution in [0.5, 0.6) is 0 Å². The monoisotopic (exact) mass is 388 g/mol. The van der Waals surface area contributed by atoms with E-state index >= 15 is 0 Å². The van der Waals surface area contributed by atoms with E-state index in [9.17, 15) is 9.59 Å². The van der Waals surface area contributed by atoms with Crippen LogP contribution in [0.2, 0.25) is 0 Å². The molecule has 2 N–H and O–H groups in total. The molecule has 0 radical (unpaired) electrons. The predicted molar refractivity (Wildman–Crippen MR) is 112 cm³/mol. The zero-order valence-corrected chi connectivity index (χ0v) is 16.3. The molecule has 3 aromatic rings. The van der Waals surface area contributed by atoms with Crippen molar-refractivity contribution in [1.29, 1.82) is 0 Å². The standard InChI is InChI=1S/C24H24N2O3/c1-25-24(28)21-14-12-18(13-15-21)16-26-22(27)17-29-23(19-8-4-2-5-9-19)20-10-6-3-7-11-20/h2-15,23H,16-17H2,1H3,(H,25,28)(H,26,27). The highest BCUT2D eigenvalue weighted by Crippen LogP contribution is 2.25. The van der Waals surface area contributed by atoms with Crippen LogP contribution in [0.3, 0.4) is 0 Å². The van der Waals surface area contributed by atoms with E-state index in [4.69, 9.17) is 4.74 Å². The van der Waals surface area contributed by atoms with Crippen LogP contribution < -0.4 is 10.6 Å². The fourth-order valence-electron chi connectivity index (χ4n) is 2.97. The van der Waals surface area contributed by atoms with Crippen molar-refractivity contribution in [2.75, 3.05) is 13.7 Å². The third-order valence-electron chi connectivity index (χ3n) is 4.52. The van der Waals surface area contributed by atoms with Gasteiger partial charge in [-0.05, 0) is 28.8 Å². The van der Waals surface area contributed by atoms with Gasteiger partial charge in [-0.3, -0.25) is 9.59 Å². The first-order valence-electron chi connectivity index (χ1n) is 9.46. The number of hydrogen-bond donors (Lipinski definition) is 2. The normalized spacial score (nSPS) is 10.6. The zero-order valence-electron chi connectivity index (χ0n) is 16.3. The first-order chi connectivity index (χ1) is 14.2. The van der Waals surface area contributed by atoms with Gasteiger partial charge in [0.2, 0.25) is 5.91 Å². The molecule has 0 aliphatic carbocycles. The van der Waals surface area contributed by atoms with Gasteiger partial charge in [-0.15, -0.1) is 0 Å². The summed E-state index contributed by atoms with van der Waals surface area (Å²) in [5.74, 6) is -0.334. The van der Waals surface area contributed by atoms with Gasteiger partial charge in [0.05, 0.1) is 0 Å². The Labute approximate surface area is 170 Å². The smallest absolute Gasteiger partial charge is 0.251 e. The van der Waals surface area contributed by atoms with Crippen LogP contribution in [0.1, 0.15) is 33.2 Å². The number of amides is 2. The van der Waals surface area contributed by atoms with Crippen molar-refractivity contribution in [3.8, 4) is 0 Å². The molecule has 148 valence electrons. The molecule has 0 aliphatic heterocycles. The molecule has 5 nitrogen and oxygen atoms in total. The minimum absolute atomic E-state index is 0.0508. The van der Waals surface area contributed by atoms with Crippen LogP contribution in [0.15, 0.2) is 84.9 Å². The van der Waals surface area contributed by atoms with E-state index in [2.05, 4.69) is 10.6 Å². The van der Waals surface area contributed by atoms with Gasteiger partial charge in [-0.2, -0.15) is 0 Å². The second-order valence-corrected chi connectivity index (χ2v) is 6.57. The van der Waals surface area contributed by atoms with Crippen LogP contribution in [-0.4, -0.2) is 25.5 Å². The molecular formula is C24H24N2O3. The minimum atomic E-state index is -0.310. The van der Waals surface area contributed by atoms with E-state index in [1.807, 2.05) is 72.8 Å². The number of ether oxygens (including phenoxy) is 1. The number of carbonyl (C=O) groups excluding carboxylic acids is 2. The van der Waals surface area contributed by atoms with Gasteiger partial charge < -0.3 is 15.4 Å². The van der Waals surface area contributed by atoms with Gasteiger partial charge in [0.25, 0.3) is 5.91 Å². The zero-order chi connectivity index (χ0) is 20.5. The Balaban J connectivity index is 1.57. The third kappa shape index (κ3) is 5.77. The maximum absolute atomic E-state index is 12.3. The van der Waals surface area contributed by atoms with Gasteiger partial charge in [-0.25, -0.2) is 0 Å². The molecule has 0 heterocycles. The van der Waals surface area contributed by atoms with Gasteiger partial charge in [0, 0.05) is 19.2 Å². The summed E-state index contributed by atoms with van der Waals surface area (Å²) in [7, 11) is 1.59. The maximum Gasteiger partial charge on any atom is 0.251 e. The Bertz CT molecular complexity index is 886. The molecule has 0 atom stereocenters. The average molecular weight is 388 g/mol. The lowest BCUT2D eigenvalue weighted by Crippen LogP contribution is -2.28. The summed E-state index contributed by atoms with van der Waals surface area (Å²) in [5, 5.41) is 5.44. The Hall–Kier alpha value is -3.44. The summed E-state index contributed by atoms with van der Waals surface area (Å²) in [5.41, 5.74) is 3.49. The fourth-order valence-corrected chi connectivity index (χ4v) is 2.97. The molecule has 2 amide bonds. The van der Waals surface area contributed by atoms with Gasteiger partial charge in [0.1, 0.15) is 12.7 Å². The Morgan fingerprint density at radius 2 is 1.38 bits per heavy atom. The van der Waals surface area contributed by atoms with Crippen molar-refractivity contribution in [1.82, 2.24) is 10.6 Å². The van der Waals surface area contributed by atoms with Crippen molar-refractivity contribution in [2.45, 2.75) is 12.6 Å². The van der Waals surface area contributed by atoms with E-state index in [-0.39, 0.29) is 24.5 Å². The molecule has 0 unspecified atom stereocenters. The number of rotatable bonds is 8. The Morgan fingerprint density at radius 1 is 0.828 bits per heavy atom. The number of carbonyl (C=O) groups is 2. The van der Waals surface area contributed by atoms with Gasteiger partial charge >= 0.3 is 0 Å². The molecule has 0 aromatic heterocycles. The van der Waals surface area contributed by atoms with E-state index in [1.54, 1.807) is 19.2 Å². The molecule has 29 heavy (non-hydrogen) atoms. The van der Waals surface area contributed by atoms with Gasteiger partial charge in [-0.1, -0.05) is 72.8 Å². The largest absolute Gasteiger partial charge is 0.359 e. The number of hydrogen-bond acceptors (Lipinski definition) is 3. The summed E-state index contributed by atoms with van der Waals surface area (Å²) >= 11 is 0. The molecule has 0 aliphatic rings. The lowest BCUT2D eigenvalue weighted by molar-refractivity contribution is -0.127. The lowest BCUT2D eigenvalue weighted by Gasteiger charge is -2.19. The summed E-state index contributed by atoms with van der Waals surface area (Å²) in [6, 6.07) is 26.8. The second-order valence-electron chi connectivity index (χ2n) is 6.57. The van der Waals surface area contributed by atoms with Crippen LogP contribution in [0, 0.1) is 0 Å². The highest BCUT2D eigenvalue weighted by atomic mass is 16.5. The van der Waals surface area contributed by atoms with E-state index in [0.717, 1.165) is 16.7 Å². The van der Waals surface area contributed by atoms with Crippen LogP contribution >= 0.6 is 0 Å². The Morgan fingerprint density at radius 3 is 1.90 bits per heavy atom. The molecule has 0 spiro atoms. The predicted octanol–water partition coefficient (Wildman–Crippen LogP) is 3.47. The molecular weight excluding hydrogens is 364 g/mol. The molecule has 3 aromatic carbocycles. The highest BCUT2D eigenvalue weighted by molar-refractivity contribution is 5.93. The Kier molecular flexibility index (Phi) is 7.14. The second kappa shape index (κ2) is 10.2. The quantitative estimate of drug-likeness (QED) is 0.621. The SMILES string of the molecule is CNC(=O)c1ccc(CNC(=O)COC(c2ccccc2)c2ccccc2)cc1. The van der Waals surface area contributed by atoms with E-state index in [0.29, 0.717) is 12.1 Å². The van der Waals surface area contributed by atoms with Gasteiger partial charge in [0.15, 0.2) is 0 Å². The molecule has 0 saturated carbocycles. The fraction of sp³-hybridized carbons (Fsp3) is 0.167. The van der Waals surface area contributed by atoms with Crippen molar-refractivity contribution < 1.29 is 14.3 Å². The first kappa shape index (κ1) is 20.3. The number of benzene rings is 3. The molecule has 0 bridgehead atoms. The first-order valence-corrected chi connectivity index (χ1v) is 9.46. The van der Waals surface area contributed by atoms with Crippen molar-refractivity contribution in [3.63, 3.8) is 0 Å². The topological polar surface area (TPSA) is 67.4 Å². The van der Waals surface area contributed by atoms with Crippen molar-refractivity contribution >= 4 is 11.8 Å². The van der Waals surface area contributed by atoms with Crippen molar-refractivity contribution in [2.24, 2.45) is 0 Å². The van der Waals surface area contributed by atoms with Crippen LogP contribution in [0.4, 0.5) is 0 Å². The summed E-state index contributed by atoms with van der Waals surface area (Å²) in [6.07, 6.45) is -0.310. The number of nitrogens with one attached hydrogen (secondary N) is 2. The summed E-state index contributed by atoms with van der Waals surface area (Å²) in [6.45, 7) is 0.322. The minimum Gasteiger partial charge on any atom is -0.359 e. The van der Waals surface area contributed by atoms with Crippen molar-refractivity contribution in [3.05, 3.63) is 107 Å². The van der Waals surface area contributed by atoms with E-state index in [1.165, 1.54) is 0 Å². The summed E-state index contributed by atoms with van der Waals surface area (Å²) < 4.78 is 5.96. The maximum atomic E-state index is 12.3. The van der Waals surface area contributed by atoms with Crippen LogP contribution in [0.25, 0.3) is 0 Å². The molecule has 5 heteroatoms. The molecule has 0 fully saturated rings. The third-order valence-corrected chi connectivity index (χ3v) is 4.52. The van der Waals surface area contributed by atoms with Crippen LogP contribution in [-0.2, 0) is 16.1 Å². The molecule has 0 saturated heterocycles. The molecule has 3 rings (SSSR count). The lowest BCUT2D eigenvalue weighted by atomic mass is 10.0. The van der Waals surface area contributed by atoms with E-state index < -0.39 is 0 Å².